The molecule has 8 nitrogen and oxygen atoms in total. The Bertz CT molecular complexity index is 1630. The molecule has 1 atom stereocenters. The third-order valence-electron chi connectivity index (χ3n) is 6.09. The summed E-state index contributed by atoms with van der Waals surface area (Å²) in [5.41, 5.74) is 1.72. The van der Waals surface area contributed by atoms with E-state index >= 15 is 0 Å². The van der Waals surface area contributed by atoms with Gasteiger partial charge in [0.15, 0.2) is 17.5 Å². The molecule has 6 rings (SSSR count). The molecule has 2 aromatic carbocycles. The third kappa shape index (κ3) is 3.46. The molecule has 1 fully saturated rings. The first-order valence-corrected chi connectivity index (χ1v) is 12.6. The Hall–Kier alpha value is -3.34. The number of aromatic nitrogens is 3. The number of ether oxygens (including phenoxy) is 1. The predicted molar refractivity (Wildman–Crippen MR) is 130 cm³/mol. The average molecular weight is 494 g/mol. The number of benzene rings is 2. The maximum Gasteiger partial charge on any atom is 0.263 e. The number of hydrogen-bond acceptors (Lipinski definition) is 7. The molecule has 3 heterocycles. The standard InChI is InChI=1S/C24H19N3O5S2/c1-31-14-7-8-16(18(9-14)13-5-6-13)22-26-23-20(24(28)27(22)11-15-10-25-12-32-15)17-3-2-4-19(34(29)30)21(17)33-23/h2-4,7-10,12-13H,5-6,11H2,1H3,(H,29,30). The number of oxazole rings is 1. The SMILES string of the molecule is COc1ccc(-c2nc3sc4c(S(=O)O)cccc4c3c(=O)n2Cc2cnco2)c(C2CC2)c1. The molecule has 0 bridgehead atoms. The van der Waals surface area contributed by atoms with Crippen molar-refractivity contribution in [1.82, 2.24) is 14.5 Å². The molecule has 0 aliphatic heterocycles. The Kier molecular flexibility index (Phi) is 5.09. The van der Waals surface area contributed by atoms with Crippen LogP contribution in [0.3, 0.4) is 0 Å². The molecule has 0 saturated heterocycles. The maximum atomic E-state index is 13.9. The van der Waals surface area contributed by atoms with Crippen LogP contribution in [0.1, 0.15) is 30.1 Å². The minimum atomic E-state index is -2.18. The third-order valence-corrected chi connectivity index (χ3v) is 8.06. The number of rotatable bonds is 6. The monoisotopic (exact) mass is 493 g/mol. The van der Waals surface area contributed by atoms with E-state index in [0.717, 1.165) is 29.7 Å². The summed E-state index contributed by atoms with van der Waals surface area (Å²) in [4.78, 5) is 23.7. The van der Waals surface area contributed by atoms with Gasteiger partial charge in [-0.1, -0.05) is 12.1 Å². The van der Waals surface area contributed by atoms with E-state index in [1.54, 1.807) is 36.1 Å². The summed E-state index contributed by atoms with van der Waals surface area (Å²) in [6.45, 7) is 0.163. The zero-order chi connectivity index (χ0) is 23.4. The molecule has 1 aliphatic rings. The minimum Gasteiger partial charge on any atom is -0.497 e. The lowest BCUT2D eigenvalue weighted by Gasteiger charge is -2.15. The normalized spacial score (nSPS) is 14.6. The van der Waals surface area contributed by atoms with Crippen LogP contribution in [0.25, 0.3) is 31.7 Å². The first kappa shape index (κ1) is 21.2. The summed E-state index contributed by atoms with van der Waals surface area (Å²) in [5, 5.41) is 1.05. The van der Waals surface area contributed by atoms with Crippen molar-refractivity contribution < 1.29 is 17.9 Å². The lowest BCUT2D eigenvalue weighted by molar-refractivity contribution is 0.414. The van der Waals surface area contributed by atoms with Crippen molar-refractivity contribution in [3.05, 3.63) is 70.7 Å². The zero-order valence-corrected chi connectivity index (χ0v) is 19.7. The molecule has 3 aromatic heterocycles. The second kappa shape index (κ2) is 8.15. The van der Waals surface area contributed by atoms with Gasteiger partial charge in [0.25, 0.3) is 5.56 Å². The molecule has 1 saturated carbocycles. The fraction of sp³-hybridized carbons (Fsp3) is 0.208. The largest absolute Gasteiger partial charge is 0.497 e. The van der Waals surface area contributed by atoms with Gasteiger partial charge in [-0.3, -0.25) is 9.36 Å². The predicted octanol–water partition coefficient (Wildman–Crippen LogP) is 4.78. The van der Waals surface area contributed by atoms with Gasteiger partial charge in [0.05, 0.1) is 34.8 Å². The number of fused-ring (bicyclic) bond motifs is 3. The molecule has 0 spiro atoms. The van der Waals surface area contributed by atoms with Gasteiger partial charge in [0.1, 0.15) is 22.2 Å². The van der Waals surface area contributed by atoms with Crippen LogP contribution in [0.15, 0.2) is 63.1 Å². The van der Waals surface area contributed by atoms with Crippen LogP contribution >= 0.6 is 11.3 Å². The Morgan fingerprint density at radius 3 is 2.85 bits per heavy atom. The molecule has 10 heteroatoms. The molecular formula is C24H19N3O5S2. The lowest BCUT2D eigenvalue weighted by atomic mass is 10.0. The maximum absolute atomic E-state index is 13.9. The van der Waals surface area contributed by atoms with Crippen molar-refractivity contribution in [2.75, 3.05) is 7.11 Å². The van der Waals surface area contributed by atoms with Gasteiger partial charge < -0.3 is 13.7 Å². The Morgan fingerprint density at radius 1 is 1.29 bits per heavy atom. The quantitative estimate of drug-likeness (QED) is 0.339. The highest BCUT2D eigenvalue weighted by Gasteiger charge is 2.29. The Balaban J connectivity index is 1.68. The summed E-state index contributed by atoms with van der Waals surface area (Å²) in [6, 6.07) is 10.9. The van der Waals surface area contributed by atoms with Gasteiger partial charge in [-0.2, -0.15) is 0 Å². The van der Waals surface area contributed by atoms with E-state index < -0.39 is 11.1 Å². The van der Waals surface area contributed by atoms with Crippen LogP contribution in [0.5, 0.6) is 5.75 Å². The number of hydrogen-bond donors (Lipinski definition) is 1. The second-order valence-corrected chi connectivity index (χ2v) is 10.1. The van der Waals surface area contributed by atoms with Crippen molar-refractivity contribution >= 4 is 42.7 Å². The van der Waals surface area contributed by atoms with Crippen molar-refractivity contribution in [3.8, 4) is 17.1 Å². The van der Waals surface area contributed by atoms with Crippen LogP contribution in [0, 0.1) is 0 Å². The fourth-order valence-electron chi connectivity index (χ4n) is 4.32. The number of nitrogens with zero attached hydrogens (tertiary/aromatic N) is 3. The van der Waals surface area contributed by atoms with E-state index in [9.17, 15) is 13.6 Å². The summed E-state index contributed by atoms with van der Waals surface area (Å²) >= 11 is -0.922. The molecule has 1 aliphatic carbocycles. The Morgan fingerprint density at radius 2 is 2.15 bits per heavy atom. The topological polar surface area (TPSA) is 107 Å². The molecule has 172 valence electrons. The van der Waals surface area contributed by atoms with Crippen molar-refractivity contribution in [2.45, 2.75) is 30.2 Å². The van der Waals surface area contributed by atoms with Crippen molar-refractivity contribution in [2.24, 2.45) is 0 Å². The zero-order valence-electron chi connectivity index (χ0n) is 18.1. The highest BCUT2D eigenvalue weighted by Crippen LogP contribution is 2.46. The van der Waals surface area contributed by atoms with E-state index in [1.165, 1.54) is 17.7 Å². The molecule has 34 heavy (non-hydrogen) atoms. The first-order valence-electron chi connectivity index (χ1n) is 10.7. The van der Waals surface area contributed by atoms with Gasteiger partial charge in [-0.05, 0) is 48.6 Å². The van der Waals surface area contributed by atoms with Crippen LogP contribution < -0.4 is 10.3 Å². The van der Waals surface area contributed by atoms with E-state index in [2.05, 4.69) is 4.98 Å². The fourth-order valence-corrected chi connectivity index (χ4v) is 6.20. The smallest absolute Gasteiger partial charge is 0.263 e. The van der Waals surface area contributed by atoms with Crippen LogP contribution in [-0.4, -0.2) is 30.4 Å². The van der Waals surface area contributed by atoms with Crippen molar-refractivity contribution in [3.63, 3.8) is 0 Å². The molecule has 1 unspecified atom stereocenters. The summed E-state index contributed by atoms with van der Waals surface area (Å²) in [5.74, 6) is 2.20. The number of methoxy groups -OCH3 is 1. The van der Waals surface area contributed by atoms with E-state index in [1.807, 2.05) is 18.2 Å². The minimum absolute atomic E-state index is 0.163. The van der Waals surface area contributed by atoms with Gasteiger partial charge >= 0.3 is 0 Å². The van der Waals surface area contributed by atoms with E-state index in [4.69, 9.17) is 14.1 Å². The average Bonchev–Trinajstić information content (AvgIpc) is 3.42. The van der Waals surface area contributed by atoms with Gasteiger partial charge in [0, 0.05) is 10.9 Å². The van der Waals surface area contributed by atoms with Gasteiger partial charge in [0.2, 0.25) is 0 Å². The first-order chi connectivity index (χ1) is 16.5. The van der Waals surface area contributed by atoms with Crippen LogP contribution in [0.4, 0.5) is 0 Å². The molecule has 1 N–H and O–H groups in total. The van der Waals surface area contributed by atoms with E-state index in [0.29, 0.717) is 37.8 Å². The van der Waals surface area contributed by atoms with Gasteiger partial charge in [-0.15, -0.1) is 11.3 Å². The molecule has 0 radical (unpaired) electrons. The molecule has 0 amide bonds. The highest BCUT2D eigenvalue weighted by atomic mass is 32.2. The summed E-state index contributed by atoms with van der Waals surface area (Å²) in [6.07, 6.45) is 5.05. The Labute approximate surface area is 200 Å². The van der Waals surface area contributed by atoms with Crippen LogP contribution in [0.2, 0.25) is 0 Å². The van der Waals surface area contributed by atoms with E-state index in [-0.39, 0.29) is 17.0 Å². The molecular weight excluding hydrogens is 474 g/mol. The van der Waals surface area contributed by atoms with Crippen LogP contribution in [-0.2, 0) is 17.6 Å². The summed E-state index contributed by atoms with van der Waals surface area (Å²) in [7, 11) is 1.63. The second-order valence-electron chi connectivity index (χ2n) is 8.19. The molecule has 5 aromatic rings. The highest BCUT2D eigenvalue weighted by molar-refractivity contribution is 7.79. The lowest BCUT2D eigenvalue weighted by Crippen LogP contribution is -2.24. The number of thiophene rings is 1. The van der Waals surface area contributed by atoms with Gasteiger partial charge in [-0.25, -0.2) is 14.2 Å². The summed E-state index contributed by atoms with van der Waals surface area (Å²) < 4.78 is 34.8. The van der Waals surface area contributed by atoms with Crippen molar-refractivity contribution in [1.29, 1.82) is 0 Å².